The molecule has 0 radical (unpaired) electrons. The Kier molecular flexibility index (Phi) is 7.26. The molecular formula is C19H26N8O4. The van der Waals surface area contributed by atoms with Crippen molar-refractivity contribution in [1.82, 2.24) is 30.6 Å². The van der Waals surface area contributed by atoms with E-state index in [1.807, 2.05) is 6.08 Å². The lowest BCUT2D eigenvalue weighted by Gasteiger charge is -2.24. The number of aromatic amines is 1. The zero-order valence-corrected chi connectivity index (χ0v) is 16.9. The van der Waals surface area contributed by atoms with Gasteiger partial charge in [0.15, 0.2) is 11.2 Å². The van der Waals surface area contributed by atoms with Crippen molar-refractivity contribution in [3.63, 3.8) is 0 Å². The number of aliphatic carboxylic acids is 1. The third-order valence-corrected chi connectivity index (χ3v) is 5.04. The number of amides is 1. The van der Waals surface area contributed by atoms with E-state index in [0.717, 1.165) is 0 Å². The van der Waals surface area contributed by atoms with Gasteiger partial charge in [-0.15, -0.1) is 0 Å². The van der Waals surface area contributed by atoms with Gasteiger partial charge in [0.25, 0.3) is 5.56 Å². The topological polar surface area (TPSA) is 202 Å². The van der Waals surface area contributed by atoms with Crippen molar-refractivity contribution in [3.8, 4) is 0 Å². The van der Waals surface area contributed by atoms with Gasteiger partial charge in [0.05, 0.1) is 17.8 Å². The van der Waals surface area contributed by atoms with Gasteiger partial charge >= 0.3 is 5.97 Å². The molecule has 2 aromatic heterocycles. The van der Waals surface area contributed by atoms with Crippen LogP contribution in [-0.2, 0) is 16.1 Å². The number of anilines is 1. The summed E-state index contributed by atoms with van der Waals surface area (Å²) < 4.78 is 0. The van der Waals surface area contributed by atoms with Gasteiger partial charge in [-0.3, -0.25) is 14.6 Å². The number of carbonyl (C=O) groups is 2. The Morgan fingerprint density at radius 2 is 2.10 bits per heavy atom. The quantitative estimate of drug-likeness (QED) is 0.269. The van der Waals surface area contributed by atoms with Gasteiger partial charge in [-0.1, -0.05) is 12.2 Å². The summed E-state index contributed by atoms with van der Waals surface area (Å²) in [7, 11) is 0. The molecular weight excluding hydrogens is 404 g/mol. The Hall–Kier alpha value is -3.38. The molecule has 0 saturated carbocycles. The smallest absolute Gasteiger partial charge is 0.326 e. The molecule has 0 bridgehead atoms. The largest absolute Gasteiger partial charge is 0.480 e. The van der Waals surface area contributed by atoms with Crippen LogP contribution in [0.5, 0.6) is 0 Å². The average Bonchev–Trinajstić information content (AvgIpc) is 2.75. The summed E-state index contributed by atoms with van der Waals surface area (Å²) >= 11 is 0. The number of carboxylic acid groups (broad SMARTS) is 1. The minimum atomic E-state index is -1.06. The van der Waals surface area contributed by atoms with Gasteiger partial charge in [0.2, 0.25) is 11.9 Å². The first kappa shape index (κ1) is 22.3. The number of nitrogens with two attached hydrogens (primary N) is 2. The van der Waals surface area contributed by atoms with Crippen molar-refractivity contribution in [1.29, 1.82) is 0 Å². The number of fused-ring (bicyclic) bond motifs is 1. The van der Waals surface area contributed by atoms with Gasteiger partial charge in [0, 0.05) is 12.6 Å². The molecule has 12 nitrogen and oxygen atoms in total. The fraction of sp³-hybridized carbons (Fsp3) is 0.474. The Balaban J connectivity index is 1.54. The van der Waals surface area contributed by atoms with Crippen LogP contribution in [0.1, 0.15) is 31.4 Å². The first-order valence-corrected chi connectivity index (χ1v) is 10.0. The third-order valence-electron chi connectivity index (χ3n) is 5.04. The molecule has 31 heavy (non-hydrogen) atoms. The summed E-state index contributed by atoms with van der Waals surface area (Å²) in [6.07, 6.45) is 7.28. The number of nitrogens with one attached hydrogen (secondary N) is 3. The van der Waals surface area contributed by atoms with Crippen molar-refractivity contribution in [2.45, 2.75) is 44.3 Å². The lowest BCUT2D eigenvalue weighted by atomic mass is 9.91. The van der Waals surface area contributed by atoms with Crippen LogP contribution in [0.4, 0.5) is 5.95 Å². The monoisotopic (exact) mass is 430 g/mol. The van der Waals surface area contributed by atoms with Crippen molar-refractivity contribution in [3.05, 3.63) is 34.4 Å². The SMILES string of the molecule is NCCC[C@H](NC(=O)C1C=CC(NCc2cnc3nc(N)[nH]c(=O)c3n2)CC1)C(=O)O. The molecule has 0 aromatic carbocycles. The van der Waals surface area contributed by atoms with Crippen LogP contribution in [-0.4, -0.2) is 55.5 Å². The van der Waals surface area contributed by atoms with E-state index in [9.17, 15) is 19.5 Å². The zero-order valence-electron chi connectivity index (χ0n) is 16.9. The number of hydrogen-bond donors (Lipinski definition) is 6. The number of carbonyl (C=O) groups excluding carboxylic acids is 1. The molecule has 8 N–H and O–H groups in total. The van der Waals surface area contributed by atoms with E-state index in [2.05, 4.69) is 30.6 Å². The fourth-order valence-electron chi connectivity index (χ4n) is 3.36. The molecule has 2 unspecified atom stereocenters. The second-order valence-corrected chi connectivity index (χ2v) is 7.37. The molecule has 0 aliphatic heterocycles. The van der Waals surface area contributed by atoms with E-state index in [1.54, 1.807) is 6.08 Å². The van der Waals surface area contributed by atoms with Crippen LogP contribution in [0.15, 0.2) is 23.1 Å². The van der Waals surface area contributed by atoms with Gasteiger partial charge in [0.1, 0.15) is 6.04 Å². The summed E-state index contributed by atoms with van der Waals surface area (Å²) in [5.41, 5.74) is 11.3. The van der Waals surface area contributed by atoms with Crippen LogP contribution in [0, 0.1) is 5.92 Å². The van der Waals surface area contributed by atoms with Gasteiger partial charge in [-0.2, -0.15) is 4.98 Å². The van der Waals surface area contributed by atoms with Crippen LogP contribution in [0.25, 0.3) is 11.2 Å². The molecule has 166 valence electrons. The molecule has 2 heterocycles. The normalized spacial score (nSPS) is 19.3. The Morgan fingerprint density at radius 3 is 2.77 bits per heavy atom. The van der Waals surface area contributed by atoms with Gasteiger partial charge in [-0.05, 0) is 32.2 Å². The predicted molar refractivity (Wildman–Crippen MR) is 113 cm³/mol. The highest BCUT2D eigenvalue weighted by Gasteiger charge is 2.26. The number of nitrogens with zero attached hydrogens (tertiary/aromatic N) is 3. The third kappa shape index (κ3) is 5.83. The minimum absolute atomic E-state index is 0.0110. The summed E-state index contributed by atoms with van der Waals surface area (Å²) in [6.45, 7) is 0.746. The van der Waals surface area contributed by atoms with Crippen molar-refractivity contribution in [2.24, 2.45) is 11.7 Å². The van der Waals surface area contributed by atoms with Crippen LogP contribution >= 0.6 is 0 Å². The van der Waals surface area contributed by atoms with E-state index in [4.69, 9.17) is 11.5 Å². The number of hydrogen-bond acceptors (Lipinski definition) is 9. The first-order chi connectivity index (χ1) is 14.9. The molecule has 3 rings (SSSR count). The summed E-state index contributed by atoms with van der Waals surface area (Å²) in [4.78, 5) is 50.4. The lowest BCUT2D eigenvalue weighted by Crippen LogP contribution is -2.44. The predicted octanol–water partition coefficient (Wildman–Crippen LogP) is -0.972. The maximum absolute atomic E-state index is 12.4. The molecule has 2 aromatic rings. The van der Waals surface area contributed by atoms with Crippen LogP contribution < -0.4 is 27.7 Å². The highest BCUT2D eigenvalue weighted by Crippen LogP contribution is 2.19. The maximum atomic E-state index is 12.4. The second-order valence-electron chi connectivity index (χ2n) is 7.37. The van der Waals surface area contributed by atoms with E-state index in [1.165, 1.54) is 6.20 Å². The minimum Gasteiger partial charge on any atom is -0.480 e. The summed E-state index contributed by atoms with van der Waals surface area (Å²) in [6, 6.07) is -0.920. The Labute approximate surface area is 177 Å². The summed E-state index contributed by atoms with van der Waals surface area (Å²) in [5, 5.41) is 15.1. The summed E-state index contributed by atoms with van der Waals surface area (Å²) in [5.74, 6) is -1.76. The molecule has 1 amide bonds. The average molecular weight is 430 g/mol. The van der Waals surface area contributed by atoms with Crippen molar-refractivity contribution >= 4 is 29.0 Å². The van der Waals surface area contributed by atoms with E-state index >= 15 is 0 Å². The number of carboxylic acids is 1. The van der Waals surface area contributed by atoms with Gasteiger partial charge < -0.3 is 27.2 Å². The lowest BCUT2D eigenvalue weighted by molar-refractivity contribution is -0.142. The fourth-order valence-corrected chi connectivity index (χ4v) is 3.36. The maximum Gasteiger partial charge on any atom is 0.326 e. The van der Waals surface area contributed by atoms with Gasteiger partial charge in [-0.25, -0.2) is 14.8 Å². The second kappa shape index (κ2) is 10.1. The number of aromatic nitrogens is 4. The molecule has 1 aliphatic rings. The number of H-pyrrole nitrogens is 1. The zero-order chi connectivity index (χ0) is 22.4. The standard InChI is InChI=1S/C19H26N8O4/c20-7-1-2-13(18(30)31)25-16(28)10-3-5-11(6-4-10)22-8-12-9-23-15-14(24-12)17(29)27-19(21)26-15/h3,5,9-11,13,22H,1-2,4,6-8,20H2,(H,25,28)(H,30,31)(H3,21,23,26,27,29)/t10?,11?,13-/m0/s1. The first-order valence-electron chi connectivity index (χ1n) is 10.0. The number of nitrogen functional groups attached to an aromatic ring is 1. The van der Waals surface area contributed by atoms with E-state index in [0.29, 0.717) is 44.5 Å². The molecule has 12 heteroatoms. The Morgan fingerprint density at radius 1 is 1.29 bits per heavy atom. The highest BCUT2D eigenvalue weighted by atomic mass is 16.4. The molecule has 0 fully saturated rings. The number of rotatable bonds is 9. The van der Waals surface area contributed by atoms with E-state index in [-0.39, 0.29) is 35.0 Å². The Bertz CT molecular complexity index is 1040. The van der Waals surface area contributed by atoms with Crippen LogP contribution in [0.3, 0.4) is 0 Å². The van der Waals surface area contributed by atoms with E-state index < -0.39 is 17.6 Å². The molecule has 0 saturated heterocycles. The van der Waals surface area contributed by atoms with Crippen molar-refractivity contribution < 1.29 is 14.7 Å². The molecule has 3 atom stereocenters. The molecule has 0 spiro atoms. The van der Waals surface area contributed by atoms with Crippen molar-refractivity contribution in [2.75, 3.05) is 12.3 Å². The van der Waals surface area contributed by atoms with Crippen LogP contribution in [0.2, 0.25) is 0 Å². The highest BCUT2D eigenvalue weighted by molar-refractivity contribution is 5.86. The molecule has 1 aliphatic carbocycles.